The number of nitrogens with one attached hydrogen (secondary N) is 1. The van der Waals surface area contributed by atoms with Gasteiger partial charge in [-0.2, -0.15) is 0 Å². The van der Waals surface area contributed by atoms with Crippen molar-refractivity contribution in [1.82, 2.24) is 5.32 Å². The molecule has 2 nitrogen and oxygen atoms in total. The second-order valence-corrected chi connectivity index (χ2v) is 10.3. The minimum Gasteiger partial charge on any atom is -0.397 e. The largest absolute Gasteiger partial charge is 0.397 e. The first-order chi connectivity index (χ1) is 19.7. The Labute approximate surface area is 234 Å². The molecule has 0 aliphatic rings. The average Bonchev–Trinajstić information content (AvgIpc) is 3.03. The molecule has 0 saturated carbocycles. The molecular formula is C38H30N2. The molecule has 2 heteroatoms. The zero-order valence-electron chi connectivity index (χ0n) is 22.5. The van der Waals surface area contributed by atoms with Gasteiger partial charge in [-0.25, -0.2) is 0 Å². The Bertz CT molecular complexity index is 1970. The van der Waals surface area contributed by atoms with Gasteiger partial charge in [0, 0.05) is 12.7 Å². The van der Waals surface area contributed by atoms with Crippen LogP contribution < -0.4 is 11.1 Å². The Balaban J connectivity index is 1.45. The summed E-state index contributed by atoms with van der Waals surface area (Å²) in [6, 6.07) is 46.2. The van der Waals surface area contributed by atoms with E-state index in [0.717, 1.165) is 17.8 Å². The molecule has 0 unspecified atom stereocenters. The SMILES string of the molecule is CCN/C=C(\N)c1ccc(-c2cc(-c3ccc(-c4ccccc4)cc3)c3ccc4cccc5ccc2c3c54)cc1. The Hall–Kier alpha value is -5.08. The molecule has 0 fully saturated rings. The second kappa shape index (κ2) is 9.91. The molecule has 0 heterocycles. The van der Waals surface area contributed by atoms with Crippen LogP contribution in [0.2, 0.25) is 0 Å². The van der Waals surface area contributed by atoms with Crippen LogP contribution in [-0.4, -0.2) is 6.54 Å². The van der Waals surface area contributed by atoms with Crippen LogP contribution in [0.1, 0.15) is 12.5 Å². The maximum absolute atomic E-state index is 6.31. The first-order valence-electron chi connectivity index (χ1n) is 13.9. The van der Waals surface area contributed by atoms with E-state index in [1.54, 1.807) is 0 Å². The van der Waals surface area contributed by atoms with Crippen molar-refractivity contribution in [2.45, 2.75) is 6.92 Å². The van der Waals surface area contributed by atoms with E-state index in [2.05, 4.69) is 140 Å². The lowest BCUT2D eigenvalue weighted by molar-refractivity contribution is 0.919. The van der Waals surface area contributed by atoms with Crippen LogP contribution in [0.25, 0.3) is 71.4 Å². The highest BCUT2D eigenvalue weighted by Crippen LogP contribution is 2.44. The van der Waals surface area contributed by atoms with E-state index in [0.29, 0.717) is 0 Å². The van der Waals surface area contributed by atoms with Gasteiger partial charge in [0.1, 0.15) is 0 Å². The summed E-state index contributed by atoms with van der Waals surface area (Å²) in [7, 11) is 0. The summed E-state index contributed by atoms with van der Waals surface area (Å²) >= 11 is 0. The molecule has 7 rings (SSSR count). The highest BCUT2D eigenvalue weighted by Gasteiger charge is 2.16. The van der Waals surface area contributed by atoms with Gasteiger partial charge in [0.05, 0.1) is 5.70 Å². The molecule has 0 bridgehead atoms. The van der Waals surface area contributed by atoms with E-state index in [1.165, 1.54) is 65.7 Å². The van der Waals surface area contributed by atoms with E-state index in [4.69, 9.17) is 5.73 Å². The lowest BCUT2D eigenvalue weighted by Gasteiger charge is -2.18. The number of hydrogen-bond donors (Lipinski definition) is 2. The standard InChI is InChI=1S/C38H30N2/c1-2-40-24-36(39)29-17-15-28(16-18-29)35-23-34(27-13-11-26(12-14-27)25-7-4-3-5-8-25)32-21-19-30-9-6-10-31-20-22-33(35)38(32)37(30)31/h3-24,40H,2,39H2,1H3/b36-24-. The monoisotopic (exact) mass is 514 g/mol. The summed E-state index contributed by atoms with van der Waals surface area (Å²) in [6.07, 6.45) is 1.88. The molecule has 0 amide bonds. The van der Waals surface area contributed by atoms with Gasteiger partial charge in [-0.1, -0.05) is 121 Å². The summed E-state index contributed by atoms with van der Waals surface area (Å²) in [5, 5.41) is 11.0. The molecule has 0 spiro atoms. The third-order valence-corrected chi connectivity index (χ3v) is 7.94. The van der Waals surface area contributed by atoms with Gasteiger partial charge < -0.3 is 11.1 Å². The molecule has 0 aliphatic carbocycles. The molecule has 0 saturated heterocycles. The Morgan fingerprint density at radius 1 is 0.575 bits per heavy atom. The zero-order chi connectivity index (χ0) is 27.1. The molecule has 7 aromatic rings. The molecule has 0 aromatic heterocycles. The van der Waals surface area contributed by atoms with Crippen molar-refractivity contribution in [2.24, 2.45) is 5.73 Å². The van der Waals surface area contributed by atoms with E-state index in [1.807, 2.05) is 6.20 Å². The van der Waals surface area contributed by atoms with Gasteiger partial charge in [-0.05, 0) is 84.3 Å². The predicted octanol–water partition coefficient (Wildman–Crippen LogP) is 9.45. The quantitative estimate of drug-likeness (QED) is 0.217. The first kappa shape index (κ1) is 24.0. The Morgan fingerprint density at radius 2 is 1.12 bits per heavy atom. The third-order valence-electron chi connectivity index (χ3n) is 7.94. The Morgan fingerprint density at radius 3 is 1.73 bits per heavy atom. The van der Waals surface area contributed by atoms with Gasteiger partial charge in [-0.15, -0.1) is 0 Å². The zero-order valence-corrected chi connectivity index (χ0v) is 22.5. The van der Waals surface area contributed by atoms with Gasteiger partial charge in [0.15, 0.2) is 0 Å². The molecule has 7 aromatic carbocycles. The van der Waals surface area contributed by atoms with Crippen molar-refractivity contribution < 1.29 is 0 Å². The number of nitrogens with two attached hydrogens (primary N) is 1. The Kier molecular flexibility index (Phi) is 5.94. The smallest absolute Gasteiger partial charge is 0.0547 e. The lowest BCUT2D eigenvalue weighted by atomic mass is 9.85. The molecule has 0 atom stereocenters. The first-order valence-corrected chi connectivity index (χ1v) is 13.9. The van der Waals surface area contributed by atoms with Gasteiger partial charge in [-0.3, -0.25) is 0 Å². The fourth-order valence-electron chi connectivity index (χ4n) is 5.92. The van der Waals surface area contributed by atoms with E-state index in [9.17, 15) is 0 Å². The minimum absolute atomic E-state index is 0.739. The van der Waals surface area contributed by atoms with E-state index in [-0.39, 0.29) is 0 Å². The third kappa shape index (κ3) is 4.06. The number of rotatable bonds is 6. The molecular weight excluding hydrogens is 484 g/mol. The highest BCUT2D eigenvalue weighted by atomic mass is 14.8. The van der Waals surface area contributed by atoms with Crippen LogP contribution in [0.15, 0.2) is 134 Å². The lowest BCUT2D eigenvalue weighted by Crippen LogP contribution is -2.07. The molecule has 40 heavy (non-hydrogen) atoms. The summed E-state index contributed by atoms with van der Waals surface area (Å²) in [6.45, 7) is 2.91. The van der Waals surface area contributed by atoms with Crippen LogP contribution in [0, 0.1) is 0 Å². The van der Waals surface area contributed by atoms with Gasteiger partial charge >= 0.3 is 0 Å². The van der Waals surface area contributed by atoms with Crippen molar-refractivity contribution >= 4 is 38.0 Å². The van der Waals surface area contributed by atoms with Crippen molar-refractivity contribution in [3.63, 3.8) is 0 Å². The van der Waals surface area contributed by atoms with Gasteiger partial charge in [0.2, 0.25) is 0 Å². The minimum atomic E-state index is 0.739. The maximum Gasteiger partial charge on any atom is 0.0547 e. The average molecular weight is 515 g/mol. The molecule has 3 N–H and O–H groups in total. The van der Waals surface area contributed by atoms with Gasteiger partial charge in [0.25, 0.3) is 0 Å². The summed E-state index contributed by atoms with van der Waals surface area (Å²) in [5.74, 6) is 0. The van der Waals surface area contributed by atoms with Crippen LogP contribution >= 0.6 is 0 Å². The van der Waals surface area contributed by atoms with Crippen LogP contribution in [0.4, 0.5) is 0 Å². The van der Waals surface area contributed by atoms with Crippen molar-refractivity contribution in [3.05, 3.63) is 139 Å². The van der Waals surface area contributed by atoms with E-state index < -0.39 is 0 Å². The normalized spacial score (nSPS) is 12.0. The highest BCUT2D eigenvalue weighted by molar-refractivity contribution is 6.28. The molecule has 0 radical (unpaired) electrons. The van der Waals surface area contributed by atoms with Crippen LogP contribution in [-0.2, 0) is 0 Å². The number of hydrogen-bond acceptors (Lipinski definition) is 2. The van der Waals surface area contributed by atoms with Crippen LogP contribution in [0.3, 0.4) is 0 Å². The summed E-state index contributed by atoms with van der Waals surface area (Å²) < 4.78 is 0. The topological polar surface area (TPSA) is 38.0 Å². The van der Waals surface area contributed by atoms with Crippen molar-refractivity contribution in [2.75, 3.05) is 6.54 Å². The molecule has 0 aliphatic heterocycles. The van der Waals surface area contributed by atoms with Crippen molar-refractivity contribution in [1.29, 1.82) is 0 Å². The van der Waals surface area contributed by atoms with E-state index >= 15 is 0 Å². The summed E-state index contributed by atoms with van der Waals surface area (Å²) in [5.41, 5.74) is 15.4. The summed E-state index contributed by atoms with van der Waals surface area (Å²) in [4.78, 5) is 0. The molecule has 192 valence electrons. The second-order valence-electron chi connectivity index (χ2n) is 10.3. The maximum atomic E-state index is 6.31. The fraction of sp³-hybridized carbons (Fsp3) is 0.0526. The number of benzene rings is 7. The van der Waals surface area contributed by atoms with Crippen molar-refractivity contribution in [3.8, 4) is 33.4 Å². The van der Waals surface area contributed by atoms with Crippen LogP contribution in [0.5, 0.6) is 0 Å². The predicted molar refractivity (Wildman–Crippen MR) is 172 cm³/mol. The fourth-order valence-corrected chi connectivity index (χ4v) is 5.92.